The van der Waals surface area contributed by atoms with E-state index in [1.165, 1.54) is 5.56 Å². The lowest BCUT2D eigenvalue weighted by molar-refractivity contribution is 0.0979. The Labute approximate surface area is 97.9 Å². The fourth-order valence-corrected chi connectivity index (χ4v) is 2.59. The average molecular weight is 220 g/mol. The van der Waals surface area contributed by atoms with E-state index in [1.54, 1.807) is 30.3 Å². The Balaban J connectivity index is 2.09. The Hall–Kier alpha value is -2.22. The van der Waals surface area contributed by atoms with Gasteiger partial charge in [-0.2, -0.15) is 0 Å². The van der Waals surface area contributed by atoms with Crippen molar-refractivity contribution in [3.63, 3.8) is 0 Å². The van der Waals surface area contributed by atoms with Crippen molar-refractivity contribution >= 4 is 11.6 Å². The predicted octanol–water partition coefficient (Wildman–Crippen LogP) is 2.37. The lowest BCUT2D eigenvalue weighted by Gasteiger charge is -2.16. The number of hydrogen-bond donors (Lipinski definition) is 0. The van der Waals surface area contributed by atoms with Gasteiger partial charge in [-0.05, 0) is 23.6 Å². The minimum absolute atomic E-state index is 0.00421. The fourth-order valence-electron chi connectivity index (χ4n) is 2.59. The van der Waals surface area contributed by atoms with Gasteiger partial charge in [-0.1, -0.05) is 30.3 Å². The van der Waals surface area contributed by atoms with E-state index >= 15 is 0 Å². The molecule has 0 N–H and O–H groups in total. The molecule has 0 amide bonds. The van der Waals surface area contributed by atoms with E-state index in [0.29, 0.717) is 22.3 Å². The van der Waals surface area contributed by atoms with E-state index in [2.05, 4.69) is 0 Å². The summed E-state index contributed by atoms with van der Waals surface area (Å²) >= 11 is 0. The quantitative estimate of drug-likeness (QED) is 0.456. The Morgan fingerprint density at radius 1 is 0.765 bits per heavy atom. The molecule has 0 saturated carbocycles. The molecule has 2 nitrogen and oxygen atoms in total. The van der Waals surface area contributed by atoms with Gasteiger partial charge in [0.25, 0.3) is 0 Å². The summed E-state index contributed by atoms with van der Waals surface area (Å²) in [6, 6.07) is 10.8. The second kappa shape index (κ2) is 2.72. The highest BCUT2D eigenvalue weighted by Gasteiger charge is 2.35. The Morgan fingerprint density at radius 3 is 2.24 bits per heavy atom. The minimum Gasteiger partial charge on any atom is -0.289 e. The molecule has 17 heavy (non-hydrogen) atoms. The third kappa shape index (κ3) is 0.998. The fraction of sp³-hybridized carbons (Fsp3) is 0.0667. The normalized spacial score (nSPS) is 15.1. The zero-order chi connectivity index (χ0) is 11.6. The van der Waals surface area contributed by atoms with Gasteiger partial charge in [-0.3, -0.25) is 9.59 Å². The van der Waals surface area contributed by atoms with Gasteiger partial charge in [0, 0.05) is 22.3 Å². The lowest BCUT2D eigenvalue weighted by Crippen LogP contribution is -2.20. The number of benzene rings is 2. The summed E-state index contributed by atoms with van der Waals surface area (Å²) in [7, 11) is 0. The van der Waals surface area contributed by atoms with Crippen LogP contribution in [0.1, 0.15) is 43.0 Å². The van der Waals surface area contributed by atoms with Crippen LogP contribution in [0.4, 0.5) is 0 Å². The number of ketones is 2. The van der Waals surface area contributed by atoms with Crippen molar-refractivity contribution in [1.29, 1.82) is 0 Å². The summed E-state index contributed by atoms with van der Waals surface area (Å²) in [5, 5.41) is 0. The number of fused-ring (bicyclic) bond motifs is 4. The molecule has 0 heterocycles. The molecule has 0 aromatic heterocycles. The molecule has 0 saturated heterocycles. The molecule has 0 radical (unpaired) electrons. The second-order valence-electron chi connectivity index (χ2n) is 4.51. The van der Waals surface area contributed by atoms with E-state index in [1.807, 2.05) is 6.07 Å². The van der Waals surface area contributed by atoms with Gasteiger partial charge in [-0.15, -0.1) is 0 Å². The lowest BCUT2D eigenvalue weighted by atomic mass is 9.84. The van der Waals surface area contributed by atoms with E-state index in [-0.39, 0.29) is 11.6 Å². The van der Waals surface area contributed by atoms with Crippen molar-refractivity contribution in [3.05, 3.63) is 69.8 Å². The van der Waals surface area contributed by atoms with Crippen LogP contribution >= 0.6 is 0 Å². The molecule has 0 spiro atoms. The smallest absolute Gasteiger partial charge is 0.194 e. The highest BCUT2D eigenvalue weighted by Crippen LogP contribution is 2.38. The van der Waals surface area contributed by atoms with Crippen LogP contribution in [0.3, 0.4) is 0 Å². The van der Waals surface area contributed by atoms with Gasteiger partial charge >= 0.3 is 0 Å². The molecule has 2 aromatic rings. The van der Waals surface area contributed by atoms with Crippen LogP contribution in [0.25, 0.3) is 0 Å². The van der Waals surface area contributed by atoms with E-state index in [0.717, 1.165) is 12.0 Å². The molecule has 0 unspecified atom stereocenters. The summed E-state index contributed by atoms with van der Waals surface area (Å²) in [6.07, 6.45) is 0.858. The summed E-state index contributed by atoms with van der Waals surface area (Å²) in [6.45, 7) is 0. The van der Waals surface area contributed by atoms with Gasteiger partial charge in [0.05, 0.1) is 0 Å². The maximum Gasteiger partial charge on any atom is 0.194 e. The molecule has 0 bridgehead atoms. The second-order valence-corrected chi connectivity index (χ2v) is 4.51. The molecule has 2 aliphatic rings. The van der Waals surface area contributed by atoms with Gasteiger partial charge in [0.1, 0.15) is 0 Å². The summed E-state index contributed by atoms with van der Waals surface area (Å²) in [5.74, 6) is -0.0190. The van der Waals surface area contributed by atoms with Crippen LogP contribution in [-0.2, 0) is 6.42 Å². The molecule has 0 fully saturated rings. The van der Waals surface area contributed by atoms with Crippen LogP contribution in [0.5, 0.6) is 0 Å². The van der Waals surface area contributed by atoms with E-state index < -0.39 is 0 Å². The molecule has 80 valence electrons. The van der Waals surface area contributed by atoms with Gasteiger partial charge in [0.2, 0.25) is 0 Å². The summed E-state index contributed by atoms with van der Waals surface area (Å²) < 4.78 is 0. The third-order valence-electron chi connectivity index (χ3n) is 3.54. The van der Waals surface area contributed by atoms with Crippen molar-refractivity contribution in [2.45, 2.75) is 6.42 Å². The standard InChI is InChI=1S/C15H8O2/c16-14-9-3-1-2-4-10(9)15(17)13-11(14)6-5-8-7-12(8)13/h1-6H,7H2. The molecule has 2 heteroatoms. The molecule has 2 aliphatic carbocycles. The summed E-state index contributed by atoms with van der Waals surface area (Å²) in [4.78, 5) is 24.6. The summed E-state index contributed by atoms with van der Waals surface area (Å²) in [5.41, 5.74) is 4.56. The van der Waals surface area contributed by atoms with Gasteiger partial charge in [0.15, 0.2) is 11.6 Å². The molecular weight excluding hydrogens is 212 g/mol. The number of hydrogen-bond acceptors (Lipinski definition) is 2. The largest absolute Gasteiger partial charge is 0.289 e. The Morgan fingerprint density at radius 2 is 1.47 bits per heavy atom. The minimum atomic E-state index is -0.0232. The van der Waals surface area contributed by atoms with Crippen molar-refractivity contribution in [2.75, 3.05) is 0 Å². The van der Waals surface area contributed by atoms with Crippen LogP contribution < -0.4 is 0 Å². The Kier molecular flexibility index (Phi) is 1.42. The zero-order valence-electron chi connectivity index (χ0n) is 8.99. The third-order valence-corrected chi connectivity index (χ3v) is 3.54. The van der Waals surface area contributed by atoms with Crippen molar-refractivity contribution in [2.24, 2.45) is 0 Å². The van der Waals surface area contributed by atoms with Crippen molar-refractivity contribution < 1.29 is 9.59 Å². The highest BCUT2D eigenvalue weighted by atomic mass is 16.1. The monoisotopic (exact) mass is 220 g/mol. The average Bonchev–Trinajstić information content (AvgIpc) is 3.14. The first-order chi connectivity index (χ1) is 8.27. The van der Waals surface area contributed by atoms with Crippen molar-refractivity contribution in [3.8, 4) is 0 Å². The van der Waals surface area contributed by atoms with E-state index in [9.17, 15) is 9.59 Å². The first-order valence-corrected chi connectivity index (χ1v) is 5.60. The molecule has 0 aliphatic heterocycles. The number of carbonyl (C=O) groups is 2. The zero-order valence-corrected chi connectivity index (χ0v) is 8.99. The van der Waals surface area contributed by atoms with Gasteiger partial charge in [-0.25, -0.2) is 0 Å². The highest BCUT2D eigenvalue weighted by molar-refractivity contribution is 6.29. The van der Waals surface area contributed by atoms with Gasteiger partial charge < -0.3 is 0 Å². The topological polar surface area (TPSA) is 34.1 Å². The maximum atomic E-state index is 12.4. The SMILES string of the molecule is O=C1c2ccccc2C(=O)c2c1ccc1c2C1. The predicted molar refractivity (Wildman–Crippen MR) is 62.6 cm³/mol. The molecular formula is C15H8O2. The van der Waals surface area contributed by atoms with Crippen LogP contribution in [0.2, 0.25) is 0 Å². The first-order valence-electron chi connectivity index (χ1n) is 5.60. The molecule has 0 atom stereocenters. The maximum absolute atomic E-state index is 12.4. The van der Waals surface area contributed by atoms with E-state index in [4.69, 9.17) is 0 Å². The molecule has 4 rings (SSSR count). The van der Waals surface area contributed by atoms with Crippen LogP contribution in [0, 0.1) is 0 Å². The van der Waals surface area contributed by atoms with Crippen LogP contribution in [0.15, 0.2) is 36.4 Å². The first kappa shape index (κ1) is 8.88. The molecule has 2 aromatic carbocycles. The Bertz CT molecular complexity index is 711. The number of rotatable bonds is 0. The van der Waals surface area contributed by atoms with Crippen LogP contribution in [-0.4, -0.2) is 11.6 Å². The number of carbonyl (C=O) groups excluding carboxylic acids is 2. The van der Waals surface area contributed by atoms with Crippen molar-refractivity contribution in [1.82, 2.24) is 0 Å².